The number of halogens is 2. The van der Waals surface area contributed by atoms with Crippen LogP contribution in [0.1, 0.15) is 30.7 Å². The van der Waals surface area contributed by atoms with Crippen LogP contribution in [0.4, 0.5) is 0 Å². The highest BCUT2D eigenvalue weighted by Crippen LogP contribution is 2.29. The van der Waals surface area contributed by atoms with E-state index in [0.717, 1.165) is 17.3 Å². The van der Waals surface area contributed by atoms with Crippen molar-refractivity contribution in [2.45, 2.75) is 25.1 Å². The molecule has 0 aliphatic carbocycles. The van der Waals surface area contributed by atoms with Gasteiger partial charge in [0.05, 0.1) is 5.38 Å². The zero-order chi connectivity index (χ0) is 11.5. The lowest BCUT2D eigenvalue weighted by molar-refractivity contribution is 0.771. The predicted molar refractivity (Wildman–Crippen MR) is 75.2 cm³/mol. The van der Waals surface area contributed by atoms with Crippen LogP contribution in [0.2, 0.25) is 0 Å². The fraction of sp³-hybridized carbons (Fsp3) is 0.286. The molecular weight excluding hydrogens is 284 g/mol. The average molecular weight is 298 g/mol. The third-order valence-corrected chi connectivity index (χ3v) is 3.69. The molecule has 0 saturated heterocycles. The molecule has 1 atom stereocenters. The quantitative estimate of drug-likeness (QED) is 0.639. The van der Waals surface area contributed by atoms with E-state index in [9.17, 15) is 0 Å². The molecule has 0 nitrogen and oxygen atoms in total. The van der Waals surface area contributed by atoms with Crippen LogP contribution >= 0.6 is 27.5 Å². The normalized spacial score (nSPS) is 12.9. The van der Waals surface area contributed by atoms with E-state index in [1.54, 1.807) is 0 Å². The molecule has 0 fully saturated rings. The molecule has 0 aliphatic heterocycles. The average Bonchev–Trinajstić information content (AvgIpc) is 2.28. The van der Waals surface area contributed by atoms with Crippen LogP contribution in [0.15, 0.2) is 40.9 Å². The molecule has 2 heteroatoms. The summed E-state index contributed by atoms with van der Waals surface area (Å²) in [5.74, 6) is 0. The highest BCUT2D eigenvalue weighted by atomic mass is 79.9. The van der Waals surface area contributed by atoms with Gasteiger partial charge in [0.1, 0.15) is 0 Å². The summed E-state index contributed by atoms with van der Waals surface area (Å²) in [4.78, 5) is 0. The van der Waals surface area contributed by atoms with Crippen molar-refractivity contribution in [3.63, 3.8) is 0 Å². The largest absolute Gasteiger partial charge is 0.118 e. The number of hydrogen-bond donors (Lipinski definition) is 0. The zero-order valence-electron chi connectivity index (χ0n) is 9.21. The topological polar surface area (TPSA) is 0 Å². The lowest BCUT2D eigenvalue weighted by Crippen LogP contribution is -1.89. The van der Waals surface area contributed by atoms with Crippen molar-refractivity contribution < 1.29 is 0 Å². The van der Waals surface area contributed by atoms with Gasteiger partial charge in [0.2, 0.25) is 0 Å². The van der Waals surface area contributed by atoms with Crippen LogP contribution in [-0.4, -0.2) is 0 Å². The monoisotopic (exact) mass is 296 g/mol. The van der Waals surface area contributed by atoms with Crippen LogP contribution in [0.5, 0.6) is 0 Å². The van der Waals surface area contributed by atoms with E-state index < -0.39 is 0 Å². The fourth-order valence-corrected chi connectivity index (χ4v) is 2.58. The highest BCUT2D eigenvalue weighted by Gasteiger charge is 2.07. The molecule has 2 aromatic carbocycles. The maximum absolute atomic E-state index is 6.33. The van der Waals surface area contributed by atoms with Crippen molar-refractivity contribution in [2.24, 2.45) is 0 Å². The zero-order valence-corrected chi connectivity index (χ0v) is 11.6. The summed E-state index contributed by atoms with van der Waals surface area (Å²) in [7, 11) is 0. The van der Waals surface area contributed by atoms with Crippen molar-refractivity contribution in [3.05, 3.63) is 46.4 Å². The molecule has 0 radical (unpaired) electrons. The second kappa shape index (κ2) is 5.20. The van der Waals surface area contributed by atoms with Gasteiger partial charge in [-0.1, -0.05) is 47.5 Å². The Morgan fingerprint density at radius 2 is 1.81 bits per heavy atom. The number of benzene rings is 2. The van der Waals surface area contributed by atoms with Crippen LogP contribution in [0.25, 0.3) is 10.8 Å². The summed E-state index contributed by atoms with van der Waals surface area (Å²) >= 11 is 9.81. The molecule has 0 bridgehead atoms. The Bertz CT molecular complexity index is 493. The van der Waals surface area contributed by atoms with Crippen LogP contribution < -0.4 is 0 Å². The molecule has 0 aliphatic rings. The van der Waals surface area contributed by atoms with Crippen LogP contribution in [-0.2, 0) is 0 Å². The van der Waals surface area contributed by atoms with Gasteiger partial charge >= 0.3 is 0 Å². The van der Waals surface area contributed by atoms with Gasteiger partial charge in [-0.2, -0.15) is 0 Å². The minimum Gasteiger partial charge on any atom is -0.118 e. The van der Waals surface area contributed by atoms with Crippen molar-refractivity contribution in [1.82, 2.24) is 0 Å². The first-order valence-corrected chi connectivity index (χ1v) is 6.77. The van der Waals surface area contributed by atoms with E-state index in [1.165, 1.54) is 16.3 Å². The van der Waals surface area contributed by atoms with Crippen molar-refractivity contribution in [1.29, 1.82) is 0 Å². The maximum atomic E-state index is 6.33. The number of hydrogen-bond acceptors (Lipinski definition) is 0. The summed E-state index contributed by atoms with van der Waals surface area (Å²) < 4.78 is 1.11. The van der Waals surface area contributed by atoms with Gasteiger partial charge < -0.3 is 0 Å². The molecule has 0 saturated carbocycles. The van der Waals surface area contributed by atoms with E-state index in [2.05, 4.69) is 59.3 Å². The molecule has 84 valence electrons. The molecule has 2 rings (SSSR count). The van der Waals surface area contributed by atoms with Crippen molar-refractivity contribution >= 4 is 38.3 Å². The van der Waals surface area contributed by atoms with Crippen LogP contribution in [0.3, 0.4) is 0 Å². The van der Waals surface area contributed by atoms with E-state index in [1.807, 2.05) is 0 Å². The Kier molecular flexibility index (Phi) is 3.88. The molecule has 0 amide bonds. The third-order valence-electron chi connectivity index (χ3n) is 2.73. The number of fused-ring (bicyclic) bond motifs is 1. The molecule has 1 unspecified atom stereocenters. The maximum Gasteiger partial charge on any atom is 0.0585 e. The van der Waals surface area contributed by atoms with Gasteiger partial charge in [0.15, 0.2) is 0 Å². The highest BCUT2D eigenvalue weighted by molar-refractivity contribution is 9.10. The van der Waals surface area contributed by atoms with Gasteiger partial charge in [-0.15, -0.1) is 11.6 Å². The minimum atomic E-state index is 0.137. The summed E-state index contributed by atoms with van der Waals surface area (Å²) in [6.45, 7) is 2.16. The van der Waals surface area contributed by atoms with Gasteiger partial charge in [-0.05, 0) is 41.0 Å². The molecule has 0 aromatic heterocycles. The first kappa shape index (κ1) is 11.9. The van der Waals surface area contributed by atoms with Crippen molar-refractivity contribution in [2.75, 3.05) is 0 Å². The Hall–Kier alpha value is -0.530. The minimum absolute atomic E-state index is 0.137. The number of alkyl halides is 1. The SMILES string of the molecule is CCCC(Cl)c1ccc2cc(Br)ccc2c1. The molecule has 0 spiro atoms. The molecule has 0 heterocycles. The molecule has 0 N–H and O–H groups in total. The lowest BCUT2D eigenvalue weighted by atomic mass is 10.0. The lowest BCUT2D eigenvalue weighted by Gasteiger charge is -2.09. The van der Waals surface area contributed by atoms with E-state index in [4.69, 9.17) is 11.6 Å². The second-order valence-corrected chi connectivity index (χ2v) is 5.45. The Morgan fingerprint density at radius 3 is 2.56 bits per heavy atom. The Balaban J connectivity index is 2.40. The summed E-state index contributed by atoms with van der Waals surface area (Å²) in [6, 6.07) is 12.8. The number of rotatable bonds is 3. The first-order chi connectivity index (χ1) is 7.70. The summed E-state index contributed by atoms with van der Waals surface area (Å²) in [5, 5.41) is 2.64. The van der Waals surface area contributed by atoms with E-state index >= 15 is 0 Å². The van der Waals surface area contributed by atoms with Crippen LogP contribution in [0, 0.1) is 0 Å². The van der Waals surface area contributed by atoms with Gasteiger partial charge in [0, 0.05) is 4.47 Å². The van der Waals surface area contributed by atoms with E-state index in [-0.39, 0.29) is 5.38 Å². The first-order valence-electron chi connectivity index (χ1n) is 5.54. The Labute approximate surface area is 110 Å². The third kappa shape index (κ3) is 2.58. The van der Waals surface area contributed by atoms with Crippen molar-refractivity contribution in [3.8, 4) is 0 Å². The molecule has 2 aromatic rings. The summed E-state index contributed by atoms with van der Waals surface area (Å²) in [6.07, 6.45) is 2.15. The summed E-state index contributed by atoms with van der Waals surface area (Å²) in [5.41, 5.74) is 1.22. The smallest absolute Gasteiger partial charge is 0.0585 e. The van der Waals surface area contributed by atoms with Gasteiger partial charge in [0.25, 0.3) is 0 Å². The van der Waals surface area contributed by atoms with Gasteiger partial charge in [-0.3, -0.25) is 0 Å². The predicted octanol–water partition coefficient (Wildman–Crippen LogP) is 5.68. The van der Waals surface area contributed by atoms with E-state index in [0.29, 0.717) is 0 Å². The molecule has 16 heavy (non-hydrogen) atoms. The van der Waals surface area contributed by atoms with Gasteiger partial charge in [-0.25, -0.2) is 0 Å². The Morgan fingerprint density at radius 1 is 1.12 bits per heavy atom. The second-order valence-electron chi connectivity index (χ2n) is 4.01. The standard InChI is InChI=1S/C14H14BrCl/c1-2-3-14(16)12-5-4-11-9-13(15)7-6-10(11)8-12/h4-9,14H,2-3H2,1H3. The molecular formula is C14H14BrCl. The fourth-order valence-electron chi connectivity index (χ4n) is 1.85.